The van der Waals surface area contributed by atoms with Crippen molar-refractivity contribution in [2.45, 2.75) is 12.5 Å². The molecule has 3 N–H and O–H groups in total. The Balaban J connectivity index is 2.43. The molecule has 1 rings (SSSR count). The highest BCUT2D eigenvalue weighted by molar-refractivity contribution is 5.90. The van der Waals surface area contributed by atoms with Crippen LogP contribution in [0.3, 0.4) is 0 Å². The lowest BCUT2D eigenvalue weighted by Crippen LogP contribution is -2.28. The fourth-order valence-electron chi connectivity index (χ4n) is 1.05. The van der Waals surface area contributed by atoms with Gasteiger partial charge in [-0.25, -0.2) is 9.97 Å². The predicted octanol–water partition coefficient (Wildman–Crippen LogP) is -0.221. The van der Waals surface area contributed by atoms with Gasteiger partial charge in [-0.3, -0.25) is 4.79 Å². The maximum absolute atomic E-state index is 11.4. The molecule has 1 aromatic rings. The molecule has 15 heavy (non-hydrogen) atoms. The molecule has 0 saturated carbocycles. The number of amides is 1. The van der Waals surface area contributed by atoms with E-state index < -0.39 is 0 Å². The fourth-order valence-corrected chi connectivity index (χ4v) is 1.05. The van der Waals surface area contributed by atoms with Gasteiger partial charge in [0.25, 0.3) is 0 Å². The Kier molecular flexibility index (Phi) is 4.65. The monoisotopic (exact) mass is 210 g/mol. The van der Waals surface area contributed by atoms with Crippen molar-refractivity contribution in [3.63, 3.8) is 0 Å². The van der Waals surface area contributed by atoms with E-state index in [0.717, 1.165) is 0 Å². The van der Waals surface area contributed by atoms with E-state index in [9.17, 15) is 4.79 Å². The average Bonchev–Trinajstić information content (AvgIpc) is 2.27. The first-order chi connectivity index (χ1) is 7.26. The van der Waals surface area contributed by atoms with Crippen LogP contribution in [0.2, 0.25) is 0 Å². The zero-order chi connectivity index (χ0) is 11.1. The van der Waals surface area contributed by atoms with Crippen molar-refractivity contribution < 1.29 is 9.53 Å². The van der Waals surface area contributed by atoms with E-state index in [4.69, 9.17) is 10.5 Å². The number of rotatable bonds is 5. The van der Waals surface area contributed by atoms with E-state index in [1.807, 2.05) is 0 Å². The first-order valence-electron chi connectivity index (χ1n) is 4.54. The molecule has 6 nitrogen and oxygen atoms in total. The zero-order valence-electron chi connectivity index (χ0n) is 8.51. The van der Waals surface area contributed by atoms with Gasteiger partial charge >= 0.3 is 0 Å². The van der Waals surface area contributed by atoms with Crippen molar-refractivity contribution in [3.05, 3.63) is 18.7 Å². The van der Waals surface area contributed by atoms with E-state index in [1.54, 1.807) is 0 Å². The smallest absolute Gasteiger partial charge is 0.227 e. The maximum Gasteiger partial charge on any atom is 0.227 e. The first-order valence-corrected chi connectivity index (χ1v) is 4.54. The summed E-state index contributed by atoms with van der Waals surface area (Å²) in [6.07, 6.45) is 4.41. The van der Waals surface area contributed by atoms with Gasteiger partial charge in [-0.2, -0.15) is 0 Å². The lowest BCUT2D eigenvalue weighted by Gasteiger charge is -2.12. The van der Waals surface area contributed by atoms with Crippen molar-refractivity contribution in [2.24, 2.45) is 5.73 Å². The van der Waals surface area contributed by atoms with Crippen LogP contribution in [0.1, 0.15) is 6.42 Å². The molecule has 82 valence electrons. The van der Waals surface area contributed by atoms with Gasteiger partial charge in [0.15, 0.2) is 0 Å². The van der Waals surface area contributed by atoms with Crippen LogP contribution in [0, 0.1) is 0 Å². The lowest BCUT2D eigenvalue weighted by atomic mass is 10.2. The average molecular weight is 210 g/mol. The molecule has 1 unspecified atom stereocenters. The molecule has 0 aromatic carbocycles. The van der Waals surface area contributed by atoms with Gasteiger partial charge in [0.05, 0.1) is 30.6 Å². The van der Waals surface area contributed by atoms with Crippen LogP contribution in [-0.2, 0) is 9.53 Å². The van der Waals surface area contributed by atoms with Gasteiger partial charge in [0.1, 0.15) is 6.33 Å². The summed E-state index contributed by atoms with van der Waals surface area (Å²) >= 11 is 0. The van der Waals surface area contributed by atoms with Crippen LogP contribution >= 0.6 is 0 Å². The van der Waals surface area contributed by atoms with Gasteiger partial charge in [-0.15, -0.1) is 0 Å². The Hall–Kier alpha value is -1.53. The minimum atomic E-state index is -0.255. The predicted molar refractivity (Wildman–Crippen MR) is 55.1 cm³/mol. The highest BCUT2D eigenvalue weighted by Gasteiger charge is 2.11. The molecule has 0 fully saturated rings. The summed E-state index contributed by atoms with van der Waals surface area (Å²) in [6.45, 7) is 0.315. The maximum atomic E-state index is 11.4. The third-order valence-corrected chi connectivity index (χ3v) is 1.85. The highest BCUT2D eigenvalue weighted by atomic mass is 16.5. The van der Waals surface area contributed by atoms with E-state index in [2.05, 4.69) is 15.3 Å². The van der Waals surface area contributed by atoms with Gasteiger partial charge < -0.3 is 15.8 Å². The summed E-state index contributed by atoms with van der Waals surface area (Å²) in [5.41, 5.74) is 5.96. The molecule has 0 aliphatic heterocycles. The Labute approximate surface area is 87.9 Å². The third kappa shape index (κ3) is 4.01. The van der Waals surface area contributed by atoms with Gasteiger partial charge in [-0.1, -0.05) is 0 Å². The van der Waals surface area contributed by atoms with Crippen molar-refractivity contribution >= 4 is 11.6 Å². The summed E-state index contributed by atoms with van der Waals surface area (Å²) in [5, 5.41) is 2.64. The Morgan fingerprint density at radius 2 is 2.27 bits per heavy atom. The van der Waals surface area contributed by atoms with Crippen LogP contribution in [-0.4, -0.2) is 35.6 Å². The second-order valence-corrected chi connectivity index (χ2v) is 2.97. The zero-order valence-corrected chi connectivity index (χ0v) is 8.51. The number of nitrogens with zero attached hydrogens (tertiary/aromatic N) is 2. The SMILES string of the molecule is COC(CN)CC(=O)Nc1cncnc1. The summed E-state index contributed by atoms with van der Waals surface area (Å²) in [6, 6.07) is 0. The van der Waals surface area contributed by atoms with Crippen LogP contribution in [0.4, 0.5) is 5.69 Å². The number of nitrogens with two attached hydrogens (primary N) is 1. The summed E-state index contributed by atoms with van der Waals surface area (Å²) in [4.78, 5) is 19.0. The number of ether oxygens (including phenoxy) is 1. The molecule has 0 bridgehead atoms. The second kappa shape index (κ2) is 6.05. The Morgan fingerprint density at radius 1 is 1.60 bits per heavy atom. The van der Waals surface area contributed by atoms with Crippen molar-refractivity contribution in [1.82, 2.24) is 9.97 Å². The molecule has 6 heteroatoms. The first kappa shape index (κ1) is 11.5. The van der Waals surface area contributed by atoms with Gasteiger partial charge in [0.2, 0.25) is 5.91 Å². The van der Waals surface area contributed by atoms with E-state index >= 15 is 0 Å². The minimum Gasteiger partial charge on any atom is -0.380 e. The molecule has 0 radical (unpaired) electrons. The number of hydrogen-bond donors (Lipinski definition) is 2. The largest absolute Gasteiger partial charge is 0.380 e. The number of hydrogen-bond acceptors (Lipinski definition) is 5. The minimum absolute atomic E-state index is 0.165. The number of anilines is 1. The third-order valence-electron chi connectivity index (χ3n) is 1.85. The fraction of sp³-hybridized carbons (Fsp3) is 0.444. The van der Waals surface area contributed by atoms with Crippen LogP contribution in [0.5, 0.6) is 0 Å². The van der Waals surface area contributed by atoms with Crippen LogP contribution < -0.4 is 11.1 Å². The Morgan fingerprint density at radius 3 is 2.80 bits per heavy atom. The molecule has 0 spiro atoms. The van der Waals surface area contributed by atoms with Crippen LogP contribution in [0.25, 0.3) is 0 Å². The molecular formula is C9H14N4O2. The van der Waals surface area contributed by atoms with Gasteiger partial charge in [-0.05, 0) is 0 Å². The molecule has 0 aliphatic rings. The number of nitrogens with one attached hydrogen (secondary N) is 1. The number of methoxy groups -OCH3 is 1. The molecule has 1 aromatic heterocycles. The van der Waals surface area contributed by atoms with E-state index in [0.29, 0.717) is 12.2 Å². The topological polar surface area (TPSA) is 90.1 Å². The summed E-state index contributed by atoms with van der Waals surface area (Å²) < 4.78 is 4.99. The molecule has 0 saturated heterocycles. The van der Waals surface area contributed by atoms with Crippen molar-refractivity contribution in [3.8, 4) is 0 Å². The summed E-state index contributed by atoms with van der Waals surface area (Å²) in [7, 11) is 1.52. The molecular weight excluding hydrogens is 196 g/mol. The number of aromatic nitrogens is 2. The van der Waals surface area contributed by atoms with Crippen molar-refractivity contribution in [1.29, 1.82) is 0 Å². The standard InChI is InChI=1S/C9H14N4O2/c1-15-8(3-10)2-9(14)13-7-4-11-6-12-5-7/h4-6,8H,2-3,10H2,1H3,(H,13,14). The normalized spacial score (nSPS) is 12.1. The van der Waals surface area contributed by atoms with E-state index in [1.165, 1.54) is 25.8 Å². The molecule has 0 aliphatic carbocycles. The molecule has 1 amide bonds. The molecule has 1 heterocycles. The van der Waals surface area contributed by atoms with Crippen LogP contribution in [0.15, 0.2) is 18.7 Å². The highest BCUT2D eigenvalue weighted by Crippen LogP contribution is 2.03. The molecule has 1 atom stereocenters. The lowest BCUT2D eigenvalue weighted by molar-refractivity contribution is -0.118. The quantitative estimate of drug-likeness (QED) is 0.701. The number of carbonyl (C=O) groups excluding carboxylic acids is 1. The van der Waals surface area contributed by atoms with Gasteiger partial charge in [0, 0.05) is 13.7 Å². The van der Waals surface area contributed by atoms with Crippen molar-refractivity contribution in [2.75, 3.05) is 19.0 Å². The second-order valence-electron chi connectivity index (χ2n) is 2.97. The van der Waals surface area contributed by atoms with E-state index in [-0.39, 0.29) is 18.4 Å². The number of carbonyl (C=O) groups is 1. The Bertz CT molecular complexity index is 300. The summed E-state index contributed by atoms with van der Waals surface area (Å²) in [5.74, 6) is -0.165.